The van der Waals surface area contributed by atoms with Crippen LogP contribution < -0.4 is 0 Å². The van der Waals surface area contributed by atoms with Crippen LogP contribution in [0.15, 0.2) is 29.2 Å². The van der Waals surface area contributed by atoms with Crippen molar-refractivity contribution < 1.29 is 19.4 Å². The quantitative estimate of drug-likeness (QED) is 0.643. The number of esters is 1. The van der Waals surface area contributed by atoms with Crippen LogP contribution in [0, 0.1) is 0 Å². The van der Waals surface area contributed by atoms with E-state index in [1.54, 1.807) is 19.1 Å². The van der Waals surface area contributed by atoms with Gasteiger partial charge in [0.1, 0.15) is 5.25 Å². The van der Waals surface area contributed by atoms with E-state index in [2.05, 4.69) is 4.74 Å². The third-order valence-electron chi connectivity index (χ3n) is 2.12. The maximum absolute atomic E-state index is 11.2. The number of carboxylic acids is 1. The standard InChI is InChI=1S/C12H14O4S/c1-8(12(15)16-2)17-10-5-3-9(4-6-10)7-11(13)14/h3-6,8H,7H2,1-2H3,(H,13,14). The van der Waals surface area contributed by atoms with E-state index in [9.17, 15) is 9.59 Å². The number of methoxy groups -OCH3 is 1. The Morgan fingerprint density at radius 1 is 1.35 bits per heavy atom. The van der Waals surface area contributed by atoms with Gasteiger partial charge in [-0.15, -0.1) is 11.8 Å². The lowest BCUT2D eigenvalue weighted by molar-refractivity contribution is -0.139. The van der Waals surface area contributed by atoms with Gasteiger partial charge in [-0.3, -0.25) is 9.59 Å². The molecule has 1 atom stereocenters. The molecule has 0 aliphatic rings. The second kappa shape index (κ2) is 6.30. The molecule has 1 unspecified atom stereocenters. The van der Waals surface area contributed by atoms with Gasteiger partial charge in [-0.05, 0) is 24.6 Å². The summed E-state index contributed by atoms with van der Waals surface area (Å²) in [6.07, 6.45) is 0.0114. The van der Waals surface area contributed by atoms with Crippen molar-refractivity contribution in [2.75, 3.05) is 7.11 Å². The molecule has 0 bridgehead atoms. The second-order valence-corrected chi connectivity index (χ2v) is 4.91. The van der Waals surface area contributed by atoms with Gasteiger partial charge in [-0.25, -0.2) is 0 Å². The maximum atomic E-state index is 11.2. The summed E-state index contributed by atoms with van der Waals surface area (Å²) < 4.78 is 4.62. The number of carboxylic acid groups (broad SMARTS) is 1. The van der Waals surface area contributed by atoms with Crippen LogP contribution in [0.5, 0.6) is 0 Å². The molecule has 0 saturated heterocycles. The molecule has 1 aromatic rings. The van der Waals surface area contributed by atoms with Gasteiger partial charge in [0.15, 0.2) is 0 Å². The Kier molecular flexibility index (Phi) is 5.03. The normalized spacial score (nSPS) is 11.9. The van der Waals surface area contributed by atoms with Crippen LogP contribution in [-0.4, -0.2) is 29.4 Å². The van der Waals surface area contributed by atoms with Crippen molar-refractivity contribution >= 4 is 23.7 Å². The van der Waals surface area contributed by atoms with E-state index in [-0.39, 0.29) is 17.6 Å². The molecule has 1 aromatic carbocycles. The van der Waals surface area contributed by atoms with Gasteiger partial charge in [0, 0.05) is 4.90 Å². The molecule has 0 aliphatic carbocycles. The number of ether oxygens (including phenoxy) is 1. The Balaban J connectivity index is 2.62. The zero-order valence-electron chi connectivity index (χ0n) is 9.67. The molecule has 92 valence electrons. The zero-order valence-corrected chi connectivity index (χ0v) is 10.5. The summed E-state index contributed by atoms with van der Waals surface area (Å²) in [7, 11) is 1.36. The van der Waals surface area contributed by atoms with E-state index < -0.39 is 5.97 Å². The van der Waals surface area contributed by atoms with E-state index in [4.69, 9.17) is 5.11 Å². The molecule has 0 fully saturated rings. The number of benzene rings is 1. The SMILES string of the molecule is COC(=O)C(C)Sc1ccc(CC(=O)O)cc1. The highest BCUT2D eigenvalue weighted by molar-refractivity contribution is 8.00. The van der Waals surface area contributed by atoms with Crippen LogP contribution in [0.4, 0.5) is 0 Å². The first-order valence-corrected chi connectivity index (χ1v) is 5.96. The van der Waals surface area contributed by atoms with Gasteiger partial charge in [0.2, 0.25) is 0 Å². The zero-order chi connectivity index (χ0) is 12.8. The fourth-order valence-electron chi connectivity index (χ4n) is 1.28. The molecule has 0 heterocycles. The van der Waals surface area contributed by atoms with Crippen molar-refractivity contribution in [2.45, 2.75) is 23.5 Å². The van der Waals surface area contributed by atoms with Crippen molar-refractivity contribution in [1.29, 1.82) is 0 Å². The minimum atomic E-state index is -0.853. The highest BCUT2D eigenvalue weighted by atomic mass is 32.2. The first kappa shape index (κ1) is 13.6. The highest BCUT2D eigenvalue weighted by Crippen LogP contribution is 2.24. The van der Waals surface area contributed by atoms with Crippen molar-refractivity contribution in [3.63, 3.8) is 0 Å². The van der Waals surface area contributed by atoms with Crippen LogP contribution in [0.2, 0.25) is 0 Å². The van der Waals surface area contributed by atoms with Crippen LogP contribution in [0.25, 0.3) is 0 Å². The van der Waals surface area contributed by atoms with E-state index in [0.717, 1.165) is 10.5 Å². The Morgan fingerprint density at radius 2 is 1.94 bits per heavy atom. The van der Waals surface area contributed by atoms with Crippen molar-refractivity contribution in [2.24, 2.45) is 0 Å². The lowest BCUT2D eigenvalue weighted by atomic mass is 10.2. The number of hydrogen-bond acceptors (Lipinski definition) is 4. The predicted octanol–water partition coefficient (Wildman–Crippen LogP) is 1.97. The molecule has 0 saturated carbocycles. The van der Waals surface area contributed by atoms with Gasteiger partial charge < -0.3 is 9.84 Å². The average Bonchev–Trinajstić information content (AvgIpc) is 2.30. The monoisotopic (exact) mass is 254 g/mol. The molecular weight excluding hydrogens is 240 g/mol. The van der Waals surface area contributed by atoms with E-state index >= 15 is 0 Å². The summed E-state index contributed by atoms with van der Waals surface area (Å²) in [6, 6.07) is 7.12. The maximum Gasteiger partial charge on any atom is 0.318 e. The van der Waals surface area contributed by atoms with E-state index in [0.29, 0.717) is 0 Å². The molecule has 4 nitrogen and oxygen atoms in total. The summed E-state index contributed by atoms with van der Waals surface area (Å²) in [5.74, 6) is -1.13. The van der Waals surface area contributed by atoms with Crippen molar-refractivity contribution in [3.05, 3.63) is 29.8 Å². The summed E-state index contributed by atoms with van der Waals surface area (Å²) in [5.41, 5.74) is 0.743. The van der Waals surface area contributed by atoms with Gasteiger partial charge in [-0.2, -0.15) is 0 Å². The number of carbonyl (C=O) groups is 2. The molecule has 0 amide bonds. The Hall–Kier alpha value is -1.49. The van der Waals surface area contributed by atoms with E-state index in [1.165, 1.54) is 18.9 Å². The lowest BCUT2D eigenvalue weighted by Crippen LogP contribution is -2.14. The Bertz CT molecular complexity index is 399. The Labute approximate surface area is 104 Å². The molecule has 0 aromatic heterocycles. The van der Waals surface area contributed by atoms with E-state index in [1.807, 2.05) is 12.1 Å². The van der Waals surface area contributed by atoms with Crippen molar-refractivity contribution in [1.82, 2.24) is 0 Å². The fraction of sp³-hybridized carbons (Fsp3) is 0.333. The lowest BCUT2D eigenvalue weighted by Gasteiger charge is -2.08. The molecule has 0 aliphatic heterocycles. The van der Waals surface area contributed by atoms with Gasteiger partial charge >= 0.3 is 11.9 Å². The van der Waals surface area contributed by atoms with Crippen LogP contribution in [0.1, 0.15) is 12.5 Å². The molecule has 5 heteroatoms. The largest absolute Gasteiger partial charge is 0.481 e. The first-order valence-electron chi connectivity index (χ1n) is 5.08. The smallest absolute Gasteiger partial charge is 0.318 e. The van der Waals surface area contributed by atoms with Gasteiger partial charge in [0.05, 0.1) is 13.5 Å². The van der Waals surface area contributed by atoms with Crippen molar-refractivity contribution in [3.8, 4) is 0 Å². The number of aliphatic carboxylic acids is 1. The predicted molar refractivity (Wildman–Crippen MR) is 65.1 cm³/mol. The third-order valence-corrected chi connectivity index (χ3v) is 3.22. The summed E-state index contributed by atoms with van der Waals surface area (Å²) in [4.78, 5) is 22.6. The molecule has 0 radical (unpaired) electrons. The molecule has 0 spiro atoms. The number of carbonyl (C=O) groups excluding carboxylic acids is 1. The number of thioether (sulfide) groups is 1. The fourth-order valence-corrected chi connectivity index (χ4v) is 2.17. The van der Waals surface area contributed by atoms with Crippen LogP contribution in [-0.2, 0) is 20.7 Å². The summed E-state index contributed by atoms with van der Waals surface area (Å²) in [5, 5.41) is 8.35. The molecule has 17 heavy (non-hydrogen) atoms. The topological polar surface area (TPSA) is 63.6 Å². The van der Waals surface area contributed by atoms with Crippen LogP contribution in [0.3, 0.4) is 0 Å². The third kappa shape index (κ3) is 4.48. The first-order chi connectivity index (χ1) is 8.02. The molecular formula is C12H14O4S. The second-order valence-electron chi connectivity index (χ2n) is 3.50. The molecule has 1 N–H and O–H groups in total. The van der Waals surface area contributed by atoms with Gasteiger partial charge in [0.25, 0.3) is 0 Å². The van der Waals surface area contributed by atoms with Crippen LogP contribution >= 0.6 is 11.8 Å². The Morgan fingerprint density at radius 3 is 2.41 bits per heavy atom. The number of hydrogen-bond donors (Lipinski definition) is 1. The minimum absolute atomic E-state index is 0.0114. The average molecular weight is 254 g/mol. The summed E-state index contributed by atoms with van der Waals surface area (Å²) in [6.45, 7) is 1.77. The van der Waals surface area contributed by atoms with Gasteiger partial charge in [-0.1, -0.05) is 12.1 Å². The minimum Gasteiger partial charge on any atom is -0.481 e. The number of rotatable bonds is 5. The molecule has 1 rings (SSSR count). The summed E-state index contributed by atoms with van der Waals surface area (Å²) >= 11 is 1.38. The highest BCUT2D eigenvalue weighted by Gasteiger charge is 2.14.